The zero-order chi connectivity index (χ0) is 27.3. The zero-order valence-electron chi connectivity index (χ0n) is 25.4. The van der Waals surface area contributed by atoms with E-state index in [-0.39, 0.29) is 22.2 Å². The molecule has 2 saturated heterocycles. The van der Waals surface area contributed by atoms with Crippen molar-refractivity contribution < 1.29 is 0 Å². The van der Waals surface area contributed by atoms with Crippen molar-refractivity contribution in [1.82, 2.24) is 10.6 Å². The van der Waals surface area contributed by atoms with Gasteiger partial charge in [-0.15, -0.1) is 0 Å². The summed E-state index contributed by atoms with van der Waals surface area (Å²) in [4.78, 5) is 0. The van der Waals surface area contributed by atoms with Crippen LogP contribution >= 0.6 is 0 Å². The first-order valence-corrected chi connectivity index (χ1v) is 15.2. The largest absolute Gasteiger partial charge is 0.307 e. The third kappa shape index (κ3) is 6.45. The van der Waals surface area contributed by atoms with E-state index >= 15 is 0 Å². The van der Waals surface area contributed by atoms with Crippen molar-refractivity contribution in [3.8, 4) is 0 Å². The Labute approximate surface area is 233 Å². The van der Waals surface area contributed by atoms with Gasteiger partial charge in [-0.3, -0.25) is 0 Å². The second kappa shape index (κ2) is 9.93. The van der Waals surface area contributed by atoms with Gasteiger partial charge in [-0.25, -0.2) is 0 Å². The smallest absolute Gasteiger partial charge is 0.0135 e. The van der Waals surface area contributed by atoms with Gasteiger partial charge in [-0.1, -0.05) is 54.6 Å². The van der Waals surface area contributed by atoms with Crippen molar-refractivity contribution in [1.29, 1.82) is 0 Å². The molecule has 0 aromatic heterocycles. The highest BCUT2D eigenvalue weighted by atomic mass is 15.1. The van der Waals surface area contributed by atoms with Gasteiger partial charge in [0.15, 0.2) is 0 Å². The van der Waals surface area contributed by atoms with Crippen LogP contribution in [0, 0.1) is 0 Å². The summed E-state index contributed by atoms with van der Waals surface area (Å²) in [6.07, 6.45) is 10.9. The molecule has 1 atom stereocenters. The molecule has 1 unspecified atom stereocenters. The summed E-state index contributed by atoms with van der Waals surface area (Å²) in [7, 11) is 0. The number of hydrogen-bond acceptors (Lipinski definition) is 2. The Bertz CT molecular complexity index is 1110. The Balaban J connectivity index is 1.22. The van der Waals surface area contributed by atoms with Gasteiger partial charge in [0.25, 0.3) is 0 Å². The first kappa shape index (κ1) is 27.7. The van der Waals surface area contributed by atoms with E-state index in [0.29, 0.717) is 17.8 Å². The molecule has 0 amide bonds. The Hall–Kier alpha value is -1.90. The summed E-state index contributed by atoms with van der Waals surface area (Å²) in [5, 5.41) is 7.66. The normalized spacial score (nSPS) is 27.1. The van der Waals surface area contributed by atoms with E-state index in [1.807, 2.05) is 0 Å². The van der Waals surface area contributed by atoms with E-state index in [1.165, 1.54) is 66.4 Å². The molecule has 2 fully saturated rings. The minimum absolute atomic E-state index is 0.186. The topological polar surface area (TPSA) is 24.1 Å². The summed E-state index contributed by atoms with van der Waals surface area (Å²) < 4.78 is 0. The SMILES string of the molecule is CC1(C)CC(c2ccc(C3=CCC(c4ccc(C5CC(C)(C)NC(C)(C)C5)cc4)CC3)cc2)CC(C)(C)N1. The maximum absolute atomic E-state index is 3.83. The highest BCUT2D eigenvalue weighted by Gasteiger charge is 2.39. The second-order valence-electron chi connectivity index (χ2n) is 15.5. The van der Waals surface area contributed by atoms with Gasteiger partial charge in [-0.05, 0) is 146 Å². The van der Waals surface area contributed by atoms with Crippen LogP contribution in [-0.2, 0) is 0 Å². The molecule has 2 heteroatoms. The van der Waals surface area contributed by atoms with Gasteiger partial charge < -0.3 is 10.6 Å². The number of benzene rings is 2. The van der Waals surface area contributed by atoms with Crippen molar-refractivity contribution in [3.63, 3.8) is 0 Å². The summed E-state index contributed by atoms with van der Waals surface area (Å²) in [5.74, 6) is 1.91. The molecule has 2 aliphatic heterocycles. The fraction of sp³-hybridized carbons (Fsp3) is 0.611. The Kier molecular flexibility index (Phi) is 7.23. The van der Waals surface area contributed by atoms with E-state index in [2.05, 4.69) is 121 Å². The predicted molar refractivity (Wildman–Crippen MR) is 164 cm³/mol. The third-order valence-electron chi connectivity index (χ3n) is 9.42. The lowest BCUT2D eigenvalue weighted by molar-refractivity contribution is 0.161. The molecule has 2 nitrogen and oxygen atoms in total. The lowest BCUT2D eigenvalue weighted by atomic mass is 9.73. The van der Waals surface area contributed by atoms with Crippen molar-refractivity contribution in [3.05, 3.63) is 76.9 Å². The molecule has 2 aromatic rings. The fourth-order valence-electron chi connectivity index (χ4n) is 8.52. The molecule has 2 heterocycles. The number of nitrogens with one attached hydrogen (secondary N) is 2. The summed E-state index contributed by atoms with van der Waals surface area (Å²) in [6.45, 7) is 18.8. The summed E-state index contributed by atoms with van der Waals surface area (Å²) >= 11 is 0. The maximum atomic E-state index is 3.83. The number of hydrogen-bond donors (Lipinski definition) is 2. The molecule has 0 saturated carbocycles. The molecule has 2 aromatic carbocycles. The van der Waals surface area contributed by atoms with E-state index in [1.54, 1.807) is 0 Å². The van der Waals surface area contributed by atoms with E-state index in [0.717, 1.165) is 6.42 Å². The Morgan fingerprint density at radius 1 is 0.526 bits per heavy atom. The van der Waals surface area contributed by atoms with Gasteiger partial charge >= 0.3 is 0 Å². The number of piperidine rings is 2. The van der Waals surface area contributed by atoms with Crippen LogP contribution in [0.5, 0.6) is 0 Å². The zero-order valence-corrected chi connectivity index (χ0v) is 25.4. The molecule has 0 radical (unpaired) electrons. The van der Waals surface area contributed by atoms with Crippen LogP contribution in [0.15, 0.2) is 54.6 Å². The standard InChI is InChI=1S/C36H52N2/c1-33(2)21-31(22-34(3,4)37-33)29-17-13-27(14-18-29)25-9-11-26(12-10-25)28-15-19-30(20-16-28)32-23-35(5,6)38-36(7,8)24-32/h9,13-20,26,31-32,37-38H,10-12,21-24H2,1-8H3. The van der Waals surface area contributed by atoms with Gasteiger partial charge in [0.2, 0.25) is 0 Å². The minimum atomic E-state index is 0.186. The highest BCUT2D eigenvalue weighted by Crippen LogP contribution is 2.42. The van der Waals surface area contributed by atoms with E-state index in [9.17, 15) is 0 Å². The molecule has 206 valence electrons. The summed E-state index contributed by atoms with van der Waals surface area (Å²) in [5.41, 5.74) is 8.25. The average molecular weight is 513 g/mol. The van der Waals surface area contributed by atoms with Gasteiger partial charge in [0.1, 0.15) is 0 Å². The minimum Gasteiger partial charge on any atom is -0.307 e. The van der Waals surface area contributed by atoms with Crippen molar-refractivity contribution in [2.24, 2.45) is 0 Å². The predicted octanol–water partition coefficient (Wildman–Crippen LogP) is 9.09. The van der Waals surface area contributed by atoms with Crippen LogP contribution in [-0.4, -0.2) is 22.2 Å². The van der Waals surface area contributed by atoms with Crippen LogP contribution < -0.4 is 10.6 Å². The van der Waals surface area contributed by atoms with Gasteiger partial charge in [0, 0.05) is 22.2 Å². The van der Waals surface area contributed by atoms with Crippen LogP contribution in [0.4, 0.5) is 0 Å². The molecule has 1 aliphatic carbocycles. The first-order chi connectivity index (χ1) is 17.7. The second-order valence-corrected chi connectivity index (χ2v) is 15.5. The molecule has 3 aliphatic rings. The number of allylic oxidation sites excluding steroid dienone is 2. The van der Waals surface area contributed by atoms with Gasteiger partial charge in [0.05, 0.1) is 0 Å². The molecule has 0 spiro atoms. The molecular weight excluding hydrogens is 460 g/mol. The first-order valence-electron chi connectivity index (χ1n) is 15.2. The molecule has 0 bridgehead atoms. The van der Waals surface area contributed by atoms with Crippen LogP contribution in [0.25, 0.3) is 5.57 Å². The van der Waals surface area contributed by atoms with E-state index < -0.39 is 0 Å². The quantitative estimate of drug-likeness (QED) is 0.427. The monoisotopic (exact) mass is 512 g/mol. The molecule has 38 heavy (non-hydrogen) atoms. The molecule has 5 rings (SSSR count). The van der Waals surface area contributed by atoms with E-state index in [4.69, 9.17) is 0 Å². The van der Waals surface area contributed by atoms with Gasteiger partial charge in [-0.2, -0.15) is 0 Å². The Morgan fingerprint density at radius 2 is 0.895 bits per heavy atom. The summed E-state index contributed by atoms with van der Waals surface area (Å²) in [6, 6.07) is 19.3. The molecule has 2 N–H and O–H groups in total. The van der Waals surface area contributed by atoms with Crippen LogP contribution in [0.2, 0.25) is 0 Å². The molecular formula is C36H52N2. The maximum Gasteiger partial charge on any atom is 0.0135 e. The van der Waals surface area contributed by atoms with Crippen LogP contribution in [0.1, 0.15) is 140 Å². The Morgan fingerprint density at radius 3 is 1.26 bits per heavy atom. The van der Waals surface area contributed by atoms with Crippen molar-refractivity contribution in [2.75, 3.05) is 0 Å². The van der Waals surface area contributed by atoms with Crippen molar-refractivity contribution in [2.45, 2.75) is 140 Å². The fourth-order valence-corrected chi connectivity index (χ4v) is 8.52. The lowest BCUT2D eigenvalue weighted by Gasteiger charge is -2.46. The number of rotatable bonds is 4. The lowest BCUT2D eigenvalue weighted by Crippen LogP contribution is -2.57. The van der Waals surface area contributed by atoms with Crippen LogP contribution in [0.3, 0.4) is 0 Å². The third-order valence-corrected chi connectivity index (χ3v) is 9.42. The average Bonchev–Trinajstić information content (AvgIpc) is 2.81. The van der Waals surface area contributed by atoms with Crippen molar-refractivity contribution >= 4 is 5.57 Å². The highest BCUT2D eigenvalue weighted by molar-refractivity contribution is 5.67.